The van der Waals surface area contributed by atoms with E-state index in [4.69, 9.17) is 16.6 Å². The molecule has 188 valence electrons. The number of halogens is 1. The Bertz CT molecular complexity index is 1520. The fourth-order valence-corrected chi connectivity index (χ4v) is 5.71. The number of imidazole rings is 1. The molecule has 4 rings (SSSR count). The monoisotopic (exact) mass is 522 g/mol. The summed E-state index contributed by atoms with van der Waals surface area (Å²) in [5, 5.41) is 11.3. The molecule has 0 spiro atoms. The van der Waals surface area contributed by atoms with Gasteiger partial charge in [0.25, 0.3) is 0 Å². The summed E-state index contributed by atoms with van der Waals surface area (Å²) in [6.07, 6.45) is 1.86. The summed E-state index contributed by atoms with van der Waals surface area (Å²) in [5.74, 6) is 0.715. The largest absolute Gasteiger partial charge is 0.384 e. The molecule has 7 heteroatoms. The van der Waals surface area contributed by atoms with Crippen LogP contribution in [0.3, 0.4) is 0 Å². The van der Waals surface area contributed by atoms with Crippen LogP contribution in [0.1, 0.15) is 43.2 Å². The van der Waals surface area contributed by atoms with Crippen LogP contribution < -0.4 is 0 Å². The molecule has 0 amide bonds. The minimum atomic E-state index is -3.30. The molecule has 1 heterocycles. The highest BCUT2D eigenvalue weighted by molar-refractivity contribution is 7.91. The van der Waals surface area contributed by atoms with Gasteiger partial charge in [-0.3, -0.25) is 4.57 Å². The number of aryl methyl sites for hydroxylation is 3. The van der Waals surface area contributed by atoms with Gasteiger partial charge in [0.15, 0.2) is 9.84 Å². The van der Waals surface area contributed by atoms with Gasteiger partial charge >= 0.3 is 0 Å². The topological polar surface area (TPSA) is 72.2 Å². The quantitative estimate of drug-likeness (QED) is 0.302. The minimum Gasteiger partial charge on any atom is -0.384 e. The number of aromatic nitrogens is 2. The van der Waals surface area contributed by atoms with E-state index >= 15 is 0 Å². The van der Waals surface area contributed by atoms with Crippen molar-refractivity contribution in [2.45, 2.75) is 52.0 Å². The van der Waals surface area contributed by atoms with Gasteiger partial charge in [-0.2, -0.15) is 0 Å². The highest BCUT2D eigenvalue weighted by Gasteiger charge is 2.26. The van der Waals surface area contributed by atoms with Crippen molar-refractivity contribution < 1.29 is 13.5 Å². The molecule has 0 unspecified atom stereocenters. The molecular formula is C29H31ClN2O3S. The Morgan fingerprint density at radius 1 is 0.944 bits per heavy atom. The fourth-order valence-electron chi connectivity index (χ4n) is 4.48. The summed E-state index contributed by atoms with van der Waals surface area (Å²) in [6.45, 7) is 11.1. The van der Waals surface area contributed by atoms with Crippen molar-refractivity contribution in [3.63, 3.8) is 0 Å². The molecule has 0 atom stereocenters. The first-order valence-electron chi connectivity index (χ1n) is 11.9. The van der Waals surface area contributed by atoms with Gasteiger partial charge in [-0.15, -0.1) is 0 Å². The van der Waals surface area contributed by atoms with Gasteiger partial charge in [0.05, 0.1) is 27.1 Å². The van der Waals surface area contributed by atoms with Crippen LogP contribution >= 0.6 is 11.6 Å². The highest BCUT2D eigenvalue weighted by Crippen LogP contribution is 2.37. The summed E-state index contributed by atoms with van der Waals surface area (Å²) in [6, 6.07) is 16.9. The molecule has 1 N–H and O–H groups in total. The lowest BCUT2D eigenvalue weighted by Crippen LogP contribution is -2.15. The number of aliphatic hydroxyl groups is 1. The molecule has 0 fully saturated rings. The number of sulfone groups is 1. The molecule has 36 heavy (non-hydrogen) atoms. The van der Waals surface area contributed by atoms with Crippen LogP contribution in [0.4, 0.5) is 0 Å². The van der Waals surface area contributed by atoms with Crippen molar-refractivity contribution in [2.24, 2.45) is 0 Å². The van der Waals surface area contributed by atoms with Gasteiger partial charge < -0.3 is 5.11 Å². The molecule has 1 aromatic heterocycles. The lowest BCUT2D eigenvalue weighted by atomic mass is 9.98. The van der Waals surface area contributed by atoms with Gasteiger partial charge in [0.2, 0.25) is 0 Å². The lowest BCUT2D eigenvalue weighted by molar-refractivity contribution is 0.0743. The molecule has 0 bridgehead atoms. The molecule has 3 aromatic carbocycles. The Kier molecular flexibility index (Phi) is 6.90. The Morgan fingerprint density at radius 2 is 1.58 bits per heavy atom. The van der Waals surface area contributed by atoms with Crippen molar-refractivity contribution in [3.05, 3.63) is 88.2 Å². The van der Waals surface area contributed by atoms with E-state index in [1.807, 2.05) is 67.9 Å². The van der Waals surface area contributed by atoms with E-state index in [1.54, 1.807) is 39.0 Å². The second-order valence-electron chi connectivity index (χ2n) is 9.70. The average molecular weight is 523 g/mol. The summed E-state index contributed by atoms with van der Waals surface area (Å²) in [5.41, 5.74) is 5.88. The van der Waals surface area contributed by atoms with Gasteiger partial charge in [-0.05, 0) is 92.8 Å². The van der Waals surface area contributed by atoms with Gasteiger partial charge in [0, 0.05) is 11.8 Å². The predicted octanol–water partition coefficient (Wildman–Crippen LogP) is 6.81. The van der Waals surface area contributed by atoms with Gasteiger partial charge in [0.1, 0.15) is 11.4 Å². The van der Waals surface area contributed by atoms with Crippen molar-refractivity contribution >= 4 is 21.4 Å². The van der Waals surface area contributed by atoms with E-state index in [-0.39, 0.29) is 5.75 Å². The van der Waals surface area contributed by atoms with Crippen molar-refractivity contribution in [1.82, 2.24) is 9.55 Å². The first-order chi connectivity index (χ1) is 16.8. The molecule has 5 nitrogen and oxygen atoms in total. The summed E-state index contributed by atoms with van der Waals surface area (Å²) >= 11 is 6.63. The third-order valence-corrected chi connectivity index (χ3v) is 8.46. The molecule has 0 aliphatic carbocycles. The predicted molar refractivity (Wildman–Crippen MR) is 147 cm³/mol. The zero-order valence-electron chi connectivity index (χ0n) is 21.4. The smallest absolute Gasteiger partial charge is 0.178 e. The first kappa shape index (κ1) is 26.1. The van der Waals surface area contributed by atoms with Crippen LogP contribution in [0.25, 0.3) is 28.2 Å². The van der Waals surface area contributed by atoms with Gasteiger partial charge in [-0.1, -0.05) is 42.8 Å². The second-order valence-corrected chi connectivity index (χ2v) is 12.4. The van der Waals surface area contributed by atoms with Crippen molar-refractivity contribution in [3.8, 4) is 28.2 Å². The molecule has 0 radical (unpaired) electrons. The number of benzene rings is 3. The van der Waals surface area contributed by atoms with Crippen molar-refractivity contribution in [2.75, 3.05) is 5.75 Å². The highest BCUT2D eigenvalue weighted by atomic mass is 35.5. The second kappa shape index (κ2) is 9.51. The summed E-state index contributed by atoms with van der Waals surface area (Å²) < 4.78 is 26.8. The van der Waals surface area contributed by atoms with Crippen molar-refractivity contribution in [1.29, 1.82) is 0 Å². The number of rotatable bonds is 6. The Balaban J connectivity index is 1.93. The van der Waals surface area contributed by atoms with E-state index in [1.165, 1.54) is 0 Å². The Morgan fingerprint density at radius 3 is 2.17 bits per heavy atom. The SMILES string of the molecule is CCS(=O)(=O)c1cccc(-c2cc(C)c(-n3cc(C(C)(C)O)nc3-c3c(C)cccc3Cl)c(C)c2)c1. The van der Waals surface area contributed by atoms with E-state index in [2.05, 4.69) is 0 Å². The zero-order chi connectivity index (χ0) is 26.4. The zero-order valence-corrected chi connectivity index (χ0v) is 23.0. The standard InChI is InChI=1S/C29H31ClN2O3S/c1-7-36(34,35)23-12-9-11-21(16-23)22-14-19(3)27(20(4)15-22)32-17-25(29(5,6)33)31-28(32)26-18(2)10-8-13-24(26)30/h8-17,33H,7H2,1-6H3. The molecular weight excluding hydrogens is 492 g/mol. The summed E-state index contributed by atoms with van der Waals surface area (Å²) in [4.78, 5) is 5.14. The maximum absolute atomic E-state index is 12.4. The van der Waals surface area contributed by atoms with E-state index < -0.39 is 15.4 Å². The molecule has 4 aromatic rings. The fraction of sp³-hybridized carbons (Fsp3) is 0.276. The van der Waals surface area contributed by atoms with E-state index in [0.29, 0.717) is 21.4 Å². The third kappa shape index (κ3) is 4.85. The maximum Gasteiger partial charge on any atom is 0.178 e. The molecule has 0 saturated carbocycles. The number of nitrogens with zero attached hydrogens (tertiary/aromatic N) is 2. The maximum atomic E-state index is 12.4. The van der Waals surface area contributed by atoms with Crippen LogP contribution in [0, 0.1) is 20.8 Å². The van der Waals surface area contributed by atoms with Crippen LogP contribution in [-0.2, 0) is 15.4 Å². The Hall–Kier alpha value is -2.93. The average Bonchev–Trinajstić information content (AvgIpc) is 3.23. The van der Waals surface area contributed by atoms with Crippen LogP contribution in [-0.4, -0.2) is 28.8 Å². The van der Waals surface area contributed by atoms with Gasteiger partial charge in [-0.25, -0.2) is 13.4 Å². The third-order valence-electron chi connectivity index (χ3n) is 6.42. The normalized spacial score (nSPS) is 12.2. The van der Waals surface area contributed by atoms with Crippen LogP contribution in [0.15, 0.2) is 65.7 Å². The minimum absolute atomic E-state index is 0.0574. The molecule has 0 aliphatic rings. The Labute approximate surface area is 218 Å². The summed E-state index contributed by atoms with van der Waals surface area (Å²) in [7, 11) is -3.30. The lowest BCUT2D eigenvalue weighted by Gasteiger charge is -2.18. The van der Waals surface area contributed by atoms with E-state index in [9.17, 15) is 13.5 Å². The number of hydrogen-bond donors (Lipinski definition) is 1. The number of hydrogen-bond acceptors (Lipinski definition) is 4. The molecule has 0 saturated heterocycles. The van der Waals surface area contributed by atoms with Crippen LogP contribution in [0.2, 0.25) is 5.02 Å². The molecule has 0 aliphatic heterocycles. The first-order valence-corrected chi connectivity index (χ1v) is 13.9. The van der Waals surface area contributed by atoms with Crippen LogP contribution in [0.5, 0.6) is 0 Å². The van der Waals surface area contributed by atoms with E-state index in [0.717, 1.165) is 39.1 Å².